The molecule has 3 aromatic carbocycles. The van der Waals surface area contributed by atoms with E-state index in [1.54, 1.807) is 0 Å². The van der Waals surface area contributed by atoms with Crippen LogP contribution in [-0.4, -0.2) is 4.57 Å². The lowest BCUT2D eigenvalue weighted by Gasteiger charge is -2.24. The minimum Gasteiger partial charge on any atom is -0.316 e. The van der Waals surface area contributed by atoms with Crippen LogP contribution in [0.5, 0.6) is 0 Å². The standard InChI is InChI=1S/C24H22NP/c1-19-11-6-8-15-22(19)26(23-16-9-7-12-20(23)2)24-17-10-18-25(24)21-13-4-3-5-14-21/h3-18H,1-2H3. The number of aryl methyl sites for hydroxylation is 2. The maximum absolute atomic E-state index is 2.34. The molecule has 2 heteroatoms. The Labute approximate surface area is 156 Å². The van der Waals surface area contributed by atoms with E-state index in [1.165, 1.54) is 32.9 Å². The van der Waals surface area contributed by atoms with Crippen LogP contribution in [0.1, 0.15) is 11.1 Å². The molecule has 128 valence electrons. The Morgan fingerprint density at radius 2 is 1.12 bits per heavy atom. The lowest BCUT2D eigenvalue weighted by molar-refractivity contribution is 1.12. The van der Waals surface area contributed by atoms with Crippen molar-refractivity contribution in [3.05, 3.63) is 108 Å². The van der Waals surface area contributed by atoms with Gasteiger partial charge < -0.3 is 4.57 Å². The number of para-hydroxylation sites is 1. The van der Waals surface area contributed by atoms with Crippen molar-refractivity contribution < 1.29 is 0 Å². The topological polar surface area (TPSA) is 4.93 Å². The minimum absolute atomic E-state index is 0.632. The quantitative estimate of drug-likeness (QED) is 0.461. The highest BCUT2D eigenvalue weighted by Crippen LogP contribution is 2.36. The molecule has 0 aliphatic rings. The number of benzene rings is 3. The molecule has 4 aromatic rings. The SMILES string of the molecule is Cc1ccccc1P(c1ccccc1C)c1cccn1-c1ccccc1. The molecule has 0 N–H and O–H groups in total. The van der Waals surface area contributed by atoms with E-state index in [0.717, 1.165) is 0 Å². The predicted molar refractivity (Wildman–Crippen MR) is 114 cm³/mol. The first kappa shape index (κ1) is 16.8. The Morgan fingerprint density at radius 3 is 1.69 bits per heavy atom. The fourth-order valence-corrected chi connectivity index (χ4v) is 6.08. The van der Waals surface area contributed by atoms with Crippen LogP contribution in [0, 0.1) is 13.8 Å². The van der Waals surface area contributed by atoms with Crippen LogP contribution >= 0.6 is 7.92 Å². The van der Waals surface area contributed by atoms with Gasteiger partial charge in [-0.15, -0.1) is 0 Å². The van der Waals surface area contributed by atoms with E-state index >= 15 is 0 Å². The zero-order chi connectivity index (χ0) is 17.9. The zero-order valence-electron chi connectivity index (χ0n) is 15.1. The van der Waals surface area contributed by atoms with Crippen molar-refractivity contribution in [2.75, 3.05) is 0 Å². The number of aromatic nitrogens is 1. The van der Waals surface area contributed by atoms with E-state index in [4.69, 9.17) is 0 Å². The van der Waals surface area contributed by atoms with Gasteiger partial charge in [-0.3, -0.25) is 0 Å². The molecule has 1 heterocycles. The monoisotopic (exact) mass is 355 g/mol. The van der Waals surface area contributed by atoms with Gasteiger partial charge in [0.25, 0.3) is 0 Å². The van der Waals surface area contributed by atoms with Crippen molar-refractivity contribution in [1.82, 2.24) is 4.57 Å². The second-order valence-corrected chi connectivity index (χ2v) is 8.57. The van der Waals surface area contributed by atoms with E-state index < -0.39 is 7.92 Å². The Bertz CT molecular complexity index is 972. The van der Waals surface area contributed by atoms with Gasteiger partial charge in [-0.1, -0.05) is 66.7 Å². The molecule has 1 nitrogen and oxygen atoms in total. The van der Waals surface area contributed by atoms with Gasteiger partial charge in [-0.2, -0.15) is 0 Å². The van der Waals surface area contributed by atoms with Gasteiger partial charge in [-0.05, 0) is 59.8 Å². The molecule has 0 atom stereocenters. The van der Waals surface area contributed by atoms with Crippen LogP contribution < -0.4 is 16.0 Å². The maximum atomic E-state index is 2.34. The van der Waals surface area contributed by atoms with E-state index in [9.17, 15) is 0 Å². The molecule has 0 saturated carbocycles. The van der Waals surface area contributed by atoms with Crippen LogP contribution in [-0.2, 0) is 0 Å². The molecule has 0 amide bonds. The van der Waals surface area contributed by atoms with Crippen molar-refractivity contribution in [3.8, 4) is 5.69 Å². The Hall–Kier alpha value is -2.63. The summed E-state index contributed by atoms with van der Waals surface area (Å²) in [6.45, 7) is 4.44. The Kier molecular flexibility index (Phi) is 4.73. The van der Waals surface area contributed by atoms with Gasteiger partial charge in [0.15, 0.2) is 0 Å². The molecule has 4 rings (SSSR count). The van der Waals surface area contributed by atoms with Gasteiger partial charge in [0.2, 0.25) is 0 Å². The molecule has 0 spiro atoms. The summed E-state index contributed by atoms with van der Waals surface area (Å²) in [5.41, 5.74) is 5.27. The first-order valence-corrected chi connectivity index (χ1v) is 10.2. The molecule has 0 aliphatic carbocycles. The van der Waals surface area contributed by atoms with Gasteiger partial charge in [0.1, 0.15) is 0 Å². The van der Waals surface area contributed by atoms with Crippen molar-refractivity contribution in [1.29, 1.82) is 0 Å². The van der Waals surface area contributed by atoms with E-state index in [-0.39, 0.29) is 0 Å². The van der Waals surface area contributed by atoms with Crippen LogP contribution in [0.2, 0.25) is 0 Å². The van der Waals surface area contributed by atoms with Crippen LogP contribution in [0.15, 0.2) is 97.2 Å². The first-order chi connectivity index (χ1) is 12.8. The van der Waals surface area contributed by atoms with Crippen LogP contribution in [0.25, 0.3) is 5.69 Å². The highest BCUT2D eigenvalue weighted by atomic mass is 31.1. The van der Waals surface area contributed by atoms with Gasteiger partial charge in [-0.25, -0.2) is 0 Å². The zero-order valence-corrected chi connectivity index (χ0v) is 16.0. The fraction of sp³-hybridized carbons (Fsp3) is 0.0833. The fourth-order valence-electron chi connectivity index (χ4n) is 3.37. The third kappa shape index (κ3) is 3.11. The minimum atomic E-state index is -0.632. The van der Waals surface area contributed by atoms with E-state index in [1.807, 2.05) is 0 Å². The largest absolute Gasteiger partial charge is 0.316 e. The summed E-state index contributed by atoms with van der Waals surface area (Å²) < 4.78 is 2.34. The molecule has 0 unspecified atom stereocenters. The average molecular weight is 355 g/mol. The molecule has 0 fully saturated rings. The van der Waals surface area contributed by atoms with Gasteiger partial charge >= 0.3 is 0 Å². The summed E-state index contributed by atoms with van der Waals surface area (Å²) >= 11 is 0. The molecule has 26 heavy (non-hydrogen) atoms. The third-order valence-corrected chi connectivity index (χ3v) is 7.49. The second-order valence-electron chi connectivity index (χ2n) is 6.48. The van der Waals surface area contributed by atoms with E-state index in [0.29, 0.717) is 0 Å². The normalized spacial score (nSPS) is 11.0. The Morgan fingerprint density at radius 1 is 0.577 bits per heavy atom. The third-order valence-electron chi connectivity index (χ3n) is 4.70. The molecule has 0 radical (unpaired) electrons. The number of hydrogen-bond acceptors (Lipinski definition) is 0. The van der Waals surface area contributed by atoms with E-state index in [2.05, 4.69) is 116 Å². The van der Waals surface area contributed by atoms with Crippen LogP contribution in [0.4, 0.5) is 0 Å². The summed E-state index contributed by atoms with van der Waals surface area (Å²) in [7, 11) is -0.632. The lowest BCUT2D eigenvalue weighted by atomic mass is 10.2. The van der Waals surface area contributed by atoms with Crippen LogP contribution in [0.3, 0.4) is 0 Å². The van der Waals surface area contributed by atoms with Gasteiger partial charge in [0, 0.05) is 19.8 Å². The number of nitrogens with zero attached hydrogens (tertiary/aromatic N) is 1. The summed E-state index contributed by atoms with van der Waals surface area (Å²) in [6.07, 6.45) is 2.18. The average Bonchev–Trinajstić information content (AvgIpc) is 3.15. The molecule has 1 aromatic heterocycles. The Balaban J connectivity index is 1.96. The van der Waals surface area contributed by atoms with Gasteiger partial charge in [0.05, 0.1) is 5.44 Å². The summed E-state index contributed by atoms with van der Waals surface area (Å²) in [4.78, 5) is 0. The molecule has 0 aliphatic heterocycles. The lowest BCUT2D eigenvalue weighted by Crippen LogP contribution is -2.27. The van der Waals surface area contributed by atoms with Crippen molar-refractivity contribution in [2.45, 2.75) is 13.8 Å². The molecule has 0 bridgehead atoms. The highest BCUT2D eigenvalue weighted by Gasteiger charge is 2.22. The maximum Gasteiger partial charge on any atom is 0.0549 e. The second kappa shape index (κ2) is 7.32. The summed E-state index contributed by atoms with van der Waals surface area (Å²) in [5, 5.41) is 2.85. The predicted octanol–water partition coefficient (Wildman–Crippen LogP) is 4.85. The van der Waals surface area contributed by atoms with Crippen molar-refractivity contribution in [3.63, 3.8) is 0 Å². The van der Waals surface area contributed by atoms with Crippen molar-refractivity contribution in [2.24, 2.45) is 0 Å². The molecular weight excluding hydrogens is 333 g/mol. The smallest absolute Gasteiger partial charge is 0.0549 e. The van der Waals surface area contributed by atoms with Crippen molar-refractivity contribution >= 4 is 24.0 Å². The molecular formula is C24H22NP. The summed E-state index contributed by atoms with van der Waals surface area (Å²) in [6, 6.07) is 32.6. The first-order valence-electron chi connectivity index (χ1n) is 8.90. The highest BCUT2D eigenvalue weighted by molar-refractivity contribution is 7.79. The molecule has 0 saturated heterocycles. The number of rotatable bonds is 4. The summed E-state index contributed by atoms with van der Waals surface area (Å²) in [5.74, 6) is 0. The number of hydrogen-bond donors (Lipinski definition) is 0.